The van der Waals surface area contributed by atoms with Gasteiger partial charge in [0.15, 0.2) is 17.2 Å². The van der Waals surface area contributed by atoms with E-state index >= 15 is 0 Å². The van der Waals surface area contributed by atoms with E-state index in [0.717, 1.165) is 12.0 Å². The fraction of sp³-hybridized carbons (Fsp3) is 0.360. The summed E-state index contributed by atoms with van der Waals surface area (Å²) in [4.78, 5) is 14.7. The van der Waals surface area contributed by atoms with E-state index in [4.69, 9.17) is 21.1 Å². The molecule has 0 bridgehead atoms. The van der Waals surface area contributed by atoms with Crippen molar-refractivity contribution in [2.45, 2.75) is 38.3 Å². The molecular weight excluding hydrogens is 460 g/mol. The summed E-state index contributed by atoms with van der Waals surface area (Å²) >= 11 is 7.32. The first kappa shape index (κ1) is 23.5. The Balaban J connectivity index is 1.73. The molecule has 33 heavy (non-hydrogen) atoms. The molecule has 4 rings (SSSR count). The third kappa shape index (κ3) is 4.31. The molecule has 0 radical (unpaired) electrons. The lowest BCUT2D eigenvalue weighted by atomic mass is 9.85. The third-order valence-electron chi connectivity index (χ3n) is 5.75. The molecule has 2 heterocycles. The molecule has 0 unspecified atom stereocenters. The van der Waals surface area contributed by atoms with Crippen molar-refractivity contribution in [1.82, 2.24) is 4.90 Å². The van der Waals surface area contributed by atoms with Crippen molar-refractivity contribution in [3.63, 3.8) is 0 Å². The van der Waals surface area contributed by atoms with Crippen LogP contribution in [0.4, 0.5) is 0 Å². The molecule has 6 nitrogen and oxygen atoms in total. The van der Waals surface area contributed by atoms with Crippen LogP contribution >= 0.6 is 23.4 Å². The molecule has 0 aliphatic carbocycles. The van der Waals surface area contributed by atoms with Crippen LogP contribution in [0.2, 0.25) is 5.02 Å². The van der Waals surface area contributed by atoms with Crippen LogP contribution < -0.4 is 9.47 Å². The molecule has 172 valence electrons. The molecule has 2 aromatic rings. The highest BCUT2D eigenvalue weighted by Gasteiger charge is 2.51. The number of nitriles is 1. The van der Waals surface area contributed by atoms with Crippen LogP contribution in [0.1, 0.15) is 43.7 Å². The third-order valence-corrected chi connectivity index (χ3v) is 7.22. The Hall–Kier alpha value is -2.66. The van der Waals surface area contributed by atoms with Gasteiger partial charge in [-0.15, -0.1) is 11.8 Å². The number of allylic oxidation sites excluding steroid dienone is 1. The van der Waals surface area contributed by atoms with Crippen molar-refractivity contribution in [3.05, 3.63) is 69.2 Å². The van der Waals surface area contributed by atoms with Crippen molar-refractivity contribution >= 4 is 29.3 Å². The second kappa shape index (κ2) is 9.68. The summed E-state index contributed by atoms with van der Waals surface area (Å²) in [6.45, 7) is 4.97. The lowest BCUT2D eigenvalue weighted by molar-refractivity contribution is -0.149. The van der Waals surface area contributed by atoms with Crippen molar-refractivity contribution < 1.29 is 19.4 Å². The monoisotopic (exact) mass is 484 g/mol. The number of hydrogen-bond acceptors (Lipinski definition) is 6. The average Bonchev–Trinajstić information content (AvgIpc) is 3.17. The Labute approximate surface area is 202 Å². The van der Waals surface area contributed by atoms with Gasteiger partial charge in [-0.05, 0) is 43.2 Å². The van der Waals surface area contributed by atoms with Gasteiger partial charge in [0.1, 0.15) is 0 Å². The number of ether oxygens (including phenoxy) is 2. The Kier molecular flexibility index (Phi) is 6.89. The summed E-state index contributed by atoms with van der Waals surface area (Å²) in [7, 11) is 0. The maximum Gasteiger partial charge on any atom is 0.231 e. The van der Waals surface area contributed by atoms with E-state index in [1.165, 1.54) is 16.7 Å². The number of amides is 1. The van der Waals surface area contributed by atoms with E-state index in [2.05, 4.69) is 6.07 Å². The number of carbonyl (C=O) groups excluding carboxylic acids is 1. The maximum absolute atomic E-state index is 13.3. The van der Waals surface area contributed by atoms with Gasteiger partial charge < -0.3 is 14.6 Å². The summed E-state index contributed by atoms with van der Waals surface area (Å²) in [5.41, 5.74) is 0.314. The first-order chi connectivity index (χ1) is 15.9. The van der Waals surface area contributed by atoms with Gasteiger partial charge in [-0.1, -0.05) is 36.7 Å². The molecule has 0 saturated carbocycles. The van der Waals surface area contributed by atoms with Gasteiger partial charge in [-0.25, -0.2) is 0 Å². The van der Waals surface area contributed by atoms with Crippen LogP contribution in [0.3, 0.4) is 0 Å². The summed E-state index contributed by atoms with van der Waals surface area (Å²) in [5, 5.41) is 22.6. The second-order valence-electron chi connectivity index (χ2n) is 7.92. The number of halogens is 1. The largest absolute Gasteiger partial charge is 0.490 e. The van der Waals surface area contributed by atoms with Gasteiger partial charge in [0.2, 0.25) is 5.91 Å². The van der Waals surface area contributed by atoms with Gasteiger partial charge in [0.05, 0.1) is 35.6 Å². The maximum atomic E-state index is 13.3. The SMILES string of the molecule is CCCOc1ccc([C@H]2CC(=O)N3C(=C2C#N)SC[C@]3(O)c2ccc(Cl)cc2)cc1OCC. The number of carbonyl (C=O) groups is 1. The highest BCUT2D eigenvalue weighted by atomic mass is 35.5. The van der Waals surface area contributed by atoms with E-state index in [9.17, 15) is 15.2 Å². The molecule has 2 aromatic carbocycles. The molecule has 1 saturated heterocycles. The van der Waals surface area contributed by atoms with Gasteiger partial charge in [0.25, 0.3) is 0 Å². The topological polar surface area (TPSA) is 82.8 Å². The second-order valence-corrected chi connectivity index (χ2v) is 9.32. The van der Waals surface area contributed by atoms with Crippen LogP contribution in [0.25, 0.3) is 0 Å². The smallest absolute Gasteiger partial charge is 0.231 e. The molecular formula is C25H25ClN2O4S. The normalized spacial score (nSPS) is 22.2. The van der Waals surface area contributed by atoms with E-state index in [0.29, 0.717) is 45.9 Å². The quantitative estimate of drug-likeness (QED) is 0.583. The number of fused-ring (bicyclic) bond motifs is 1. The zero-order valence-corrected chi connectivity index (χ0v) is 20.1. The Morgan fingerprint density at radius 1 is 1.21 bits per heavy atom. The number of rotatable bonds is 7. The zero-order valence-electron chi connectivity index (χ0n) is 18.5. The van der Waals surface area contributed by atoms with Gasteiger partial charge >= 0.3 is 0 Å². The van der Waals surface area contributed by atoms with Crippen LogP contribution in [0.5, 0.6) is 11.5 Å². The van der Waals surface area contributed by atoms with E-state index in [1.54, 1.807) is 24.3 Å². The molecule has 2 aliphatic heterocycles. The zero-order chi connectivity index (χ0) is 23.6. The molecule has 2 atom stereocenters. The first-order valence-corrected chi connectivity index (χ1v) is 12.3. The van der Waals surface area contributed by atoms with Crippen LogP contribution in [-0.2, 0) is 10.5 Å². The lowest BCUT2D eigenvalue weighted by Gasteiger charge is -2.38. The number of nitrogens with zero attached hydrogens (tertiary/aromatic N) is 2. The summed E-state index contributed by atoms with van der Waals surface area (Å²) < 4.78 is 11.6. The van der Waals surface area contributed by atoms with Crippen molar-refractivity contribution in [1.29, 1.82) is 5.26 Å². The molecule has 1 amide bonds. The Morgan fingerprint density at radius 3 is 2.64 bits per heavy atom. The standard InChI is InChI=1S/C25H25ClN2O4S/c1-3-11-32-21-10-5-16(12-22(21)31-4-2)19-13-23(29)28-24(20(19)14-27)33-15-25(28,30)17-6-8-18(26)9-7-17/h5-10,12,19,30H,3-4,11,13,15H2,1-2H3/t19-,25+/m1/s1. The minimum absolute atomic E-state index is 0.0730. The molecule has 0 aromatic heterocycles. The summed E-state index contributed by atoms with van der Waals surface area (Å²) in [6.07, 6.45) is 0.947. The fourth-order valence-corrected chi connectivity index (χ4v) is 5.67. The van der Waals surface area contributed by atoms with Crippen LogP contribution in [0.15, 0.2) is 53.1 Å². The van der Waals surface area contributed by atoms with E-state index in [-0.39, 0.29) is 18.1 Å². The van der Waals surface area contributed by atoms with E-state index in [1.807, 2.05) is 32.0 Å². The van der Waals surface area contributed by atoms with Crippen LogP contribution in [0, 0.1) is 11.3 Å². The fourth-order valence-electron chi connectivity index (χ4n) is 4.18. The summed E-state index contributed by atoms with van der Waals surface area (Å²) in [5.74, 6) is 0.817. The molecule has 1 fully saturated rings. The minimum Gasteiger partial charge on any atom is -0.490 e. The molecule has 1 N–H and O–H groups in total. The lowest BCUT2D eigenvalue weighted by Crippen LogP contribution is -2.48. The van der Waals surface area contributed by atoms with Crippen molar-refractivity contribution in [3.8, 4) is 17.6 Å². The molecule has 8 heteroatoms. The Morgan fingerprint density at radius 2 is 1.97 bits per heavy atom. The minimum atomic E-state index is -1.52. The molecule has 0 spiro atoms. The average molecular weight is 485 g/mol. The first-order valence-electron chi connectivity index (χ1n) is 10.9. The van der Waals surface area contributed by atoms with Crippen molar-refractivity contribution in [2.75, 3.05) is 19.0 Å². The number of hydrogen-bond donors (Lipinski definition) is 1. The Bertz CT molecular complexity index is 1130. The van der Waals surface area contributed by atoms with Gasteiger partial charge in [-0.3, -0.25) is 9.69 Å². The number of aliphatic hydroxyl groups is 1. The number of benzene rings is 2. The predicted octanol–water partition coefficient (Wildman–Crippen LogP) is 5.17. The molecule has 2 aliphatic rings. The summed E-state index contributed by atoms with van der Waals surface area (Å²) in [6, 6.07) is 14.6. The highest BCUT2D eigenvalue weighted by molar-refractivity contribution is 8.03. The van der Waals surface area contributed by atoms with Gasteiger partial charge in [-0.2, -0.15) is 5.26 Å². The number of thioether (sulfide) groups is 1. The van der Waals surface area contributed by atoms with E-state index < -0.39 is 11.6 Å². The predicted molar refractivity (Wildman–Crippen MR) is 128 cm³/mol. The van der Waals surface area contributed by atoms with Crippen LogP contribution in [-0.4, -0.2) is 34.9 Å². The van der Waals surface area contributed by atoms with Crippen molar-refractivity contribution in [2.24, 2.45) is 0 Å². The highest BCUT2D eigenvalue weighted by Crippen LogP contribution is 2.52. The van der Waals surface area contributed by atoms with Gasteiger partial charge in [0, 0.05) is 22.9 Å².